The van der Waals surface area contributed by atoms with E-state index in [0.29, 0.717) is 0 Å². The summed E-state index contributed by atoms with van der Waals surface area (Å²) in [7, 11) is 0. The molecule has 0 radical (unpaired) electrons. The van der Waals surface area contributed by atoms with Crippen LogP contribution in [0.2, 0.25) is 0 Å². The van der Waals surface area contributed by atoms with Gasteiger partial charge >= 0.3 is 0 Å². The Hall–Kier alpha value is -4.62. The first-order valence-electron chi connectivity index (χ1n) is 13.0. The maximum Gasteiger partial charge on any atom is 0.136 e. The lowest BCUT2D eigenvalue weighted by atomic mass is 9.84. The molecule has 0 atom stereocenters. The molecule has 0 saturated carbocycles. The van der Waals surface area contributed by atoms with Gasteiger partial charge in [-0.1, -0.05) is 103 Å². The van der Waals surface area contributed by atoms with E-state index in [2.05, 4.69) is 121 Å². The van der Waals surface area contributed by atoms with Crippen LogP contribution >= 0.6 is 0 Å². The van der Waals surface area contributed by atoms with Gasteiger partial charge in [-0.25, -0.2) is 0 Å². The van der Waals surface area contributed by atoms with Gasteiger partial charge in [-0.3, -0.25) is 0 Å². The Balaban J connectivity index is 1.50. The molecule has 0 fully saturated rings. The third-order valence-corrected chi connectivity index (χ3v) is 7.91. The van der Waals surface area contributed by atoms with Gasteiger partial charge in [-0.15, -0.1) is 0 Å². The highest BCUT2D eigenvalue weighted by Gasteiger charge is 2.19. The quantitative estimate of drug-likeness (QED) is 0.228. The van der Waals surface area contributed by atoms with Gasteiger partial charge in [-0.05, 0) is 85.6 Å². The maximum atomic E-state index is 6.31. The van der Waals surface area contributed by atoms with Crippen molar-refractivity contribution < 1.29 is 4.42 Å². The van der Waals surface area contributed by atoms with E-state index in [1.165, 1.54) is 65.4 Å². The Morgan fingerprint density at radius 1 is 0.541 bits per heavy atom. The van der Waals surface area contributed by atoms with Gasteiger partial charge in [0, 0.05) is 10.8 Å². The number of benzene rings is 6. The van der Waals surface area contributed by atoms with Crippen molar-refractivity contribution in [3.8, 4) is 11.1 Å². The Morgan fingerprint density at radius 2 is 1.19 bits per heavy atom. The fourth-order valence-electron chi connectivity index (χ4n) is 6.30. The zero-order valence-electron chi connectivity index (χ0n) is 20.4. The van der Waals surface area contributed by atoms with Crippen LogP contribution < -0.4 is 0 Å². The third-order valence-electron chi connectivity index (χ3n) is 7.91. The van der Waals surface area contributed by atoms with Gasteiger partial charge < -0.3 is 4.42 Å². The van der Waals surface area contributed by atoms with E-state index < -0.39 is 0 Å². The van der Waals surface area contributed by atoms with Crippen LogP contribution in [0.1, 0.15) is 18.4 Å². The largest absolute Gasteiger partial charge is 0.456 e. The first-order chi connectivity index (χ1) is 18.4. The lowest BCUT2D eigenvalue weighted by Crippen LogP contribution is -1.95. The van der Waals surface area contributed by atoms with E-state index >= 15 is 0 Å². The van der Waals surface area contributed by atoms with Crippen molar-refractivity contribution in [1.82, 2.24) is 0 Å². The lowest BCUT2D eigenvalue weighted by molar-refractivity contribution is 0.669. The average Bonchev–Trinajstić information content (AvgIpc) is 3.35. The summed E-state index contributed by atoms with van der Waals surface area (Å²) in [6.45, 7) is 0. The highest BCUT2D eigenvalue weighted by molar-refractivity contribution is 6.22. The maximum absolute atomic E-state index is 6.31. The lowest BCUT2D eigenvalue weighted by Gasteiger charge is -2.20. The highest BCUT2D eigenvalue weighted by atomic mass is 16.3. The molecule has 8 rings (SSSR count). The Morgan fingerprint density at radius 3 is 1.89 bits per heavy atom. The topological polar surface area (TPSA) is 13.1 Å². The van der Waals surface area contributed by atoms with E-state index in [-0.39, 0.29) is 0 Å². The molecule has 1 aromatic heterocycles. The summed E-state index contributed by atoms with van der Waals surface area (Å²) in [4.78, 5) is 0. The van der Waals surface area contributed by atoms with Crippen LogP contribution in [0.15, 0.2) is 126 Å². The van der Waals surface area contributed by atoms with Crippen molar-refractivity contribution >= 4 is 59.8 Å². The minimum absolute atomic E-state index is 0.930. The molecule has 1 nitrogen and oxygen atoms in total. The molecule has 0 amide bonds. The minimum atomic E-state index is 0.930. The van der Waals surface area contributed by atoms with Crippen LogP contribution in [-0.2, 0) is 0 Å². The molecule has 1 aliphatic carbocycles. The van der Waals surface area contributed by atoms with Crippen LogP contribution in [0.3, 0.4) is 0 Å². The number of hydrogen-bond acceptors (Lipinski definition) is 1. The minimum Gasteiger partial charge on any atom is -0.456 e. The average molecular weight is 473 g/mol. The predicted octanol–water partition coefficient (Wildman–Crippen LogP) is 10.4. The molecule has 6 aromatic carbocycles. The molecule has 1 heterocycles. The second-order valence-electron chi connectivity index (χ2n) is 9.97. The second kappa shape index (κ2) is 7.94. The van der Waals surface area contributed by atoms with Crippen molar-refractivity contribution in [3.63, 3.8) is 0 Å². The number of rotatable bonds is 2. The van der Waals surface area contributed by atoms with Crippen LogP contribution in [-0.4, -0.2) is 0 Å². The molecule has 0 spiro atoms. The molecule has 1 aliphatic rings. The van der Waals surface area contributed by atoms with E-state index in [0.717, 1.165) is 24.0 Å². The molecule has 7 aromatic rings. The fourth-order valence-corrected chi connectivity index (χ4v) is 6.30. The highest BCUT2D eigenvalue weighted by Crippen LogP contribution is 2.44. The third kappa shape index (κ3) is 3.04. The molecule has 0 bridgehead atoms. The van der Waals surface area contributed by atoms with Gasteiger partial charge in [0.05, 0.1) is 0 Å². The molecule has 0 unspecified atom stereocenters. The van der Waals surface area contributed by atoms with Crippen molar-refractivity contribution in [2.45, 2.75) is 12.8 Å². The monoisotopic (exact) mass is 472 g/mol. The Bertz CT molecular complexity index is 2030. The summed E-state index contributed by atoms with van der Waals surface area (Å²) in [5.41, 5.74) is 7.18. The molecular weight excluding hydrogens is 448 g/mol. The van der Waals surface area contributed by atoms with E-state index in [1.54, 1.807) is 0 Å². The first kappa shape index (κ1) is 20.6. The smallest absolute Gasteiger partial charge is 0.136 e. The number of allylic oxidation sites excluding steroid dienone is 4. The molecule has 37 heavy (non-hydrogen) atoms. The summed E-state index contributed by atoms with van der Waals surface area (Å²) < 4.78 is 6.31. The van der Waals surface area contributed by atoms with E-state index in [1.807, 2.05) is 0 Å². The molecule has 0 aliphatic heterocycles. The first-order valence-corrected chi connectivity index (χ1v) is 13.0. The van der Waals surface area contributed by atoms with Gasteiger partial charge in [0.15, 0.2) is 0 Å². The standard InChI is InChI=1S/C36H24O/c1-2-11-24(12-3-1)34-27-14-6-8-16-29(27)35(30-17-9-7-15-28(30)34)25-19-20-32-31(22-25)36-26-13-5-4-10-23(26)18-21-33(36)37-32/h1-2,4-11,13-22H,3,12H2. The summed E-state index contributed by atoms with van der Waals surface area (Å²) in [5.74, 6) is 0. The number of furan rings is 1. The zero-order valence-corrected chi connectivity index (χ0v) is 20.4. The summed E-state index contributed by atoms with van der Waals surface area (Å²) >= 11 is 0. The van der Waals surface area contributed by atoms with Crippen LogP contribution in [0.5, 0.6) is 0 Å². The van der Waals surface area contributed by atoms with Gasteiger partial charge in [0.25, 0.3) is 0 Å². The van der Waals surface area contributed by atoms with Crippen molar-refractivity contribution in [2.75, 3.05) is 0 Å². The molecule has 174 valence electrons. The summed E-state index contributed by atoms with van der Waals surface area (Å²) in [6, 6.07) is 37.4. The van der Waals surface area contributed by atoms with Crippen molar-refractivity contribution in [1.29, 1.82) is 0 Å². The molecular formula is C36H24O. The van der Waals surface area contributed by atoms with Gasteiger partial charge in [-0.2, -0.15) is 0 Å². The molecule has 0 N–H and O–H groups in total. The number of fused-ring (bicyclic) bond motifs is 7. The van der Waals surface area contributed by atoms with E-state index in [9.17, 15) is 0 Å². The predicted molar refractivity (Wildman–Crippen MR) is 158 cm³/mol. The molecule has 1 heteroatoms. The summed E-state index contributed by atoms with van der Waals surface area (Å²) in [5, 5.41) is 10.1. The summed E-state index contributed by atoms with van der Waals surface area (Å²) in [6.07, 6.45) is 8.93. The Kier molecular flexibility index (Phi) is 4.41. The van der Waals surface area contributed by atoms with Crippen LogP contribution in [0.4, 0.5) is 0 Å². The zero-order chi connectivity index (χ0) is 24.3. The van der Waals surface area contributed by atoms with Gasteiger partial charge in [0.2, 0.25) is 0 Å². The van der Waals surface area contributed by atoms with E-state index in [4.69, 9.17) is 4.42 Å². The number of hydrogen-bond donors (Lipinski definition) is 0. The molecule has 0 saturated heterocycles. The van der Waals surface area contributed by atoms with Gasteiger partial charge in [0.1, 0.15) is 11.2 Å². The fraction of sp³-hybridized carbons (Fsp3) is 0.0556. The van der Waals surface area contributed by atoms with Crippen molar-refractivity contribution in [2.24, 2.45) is 0 Å². The normalized spacial score (nSPS) is 13.8. The Labute approximate surface area is 214 Å². The van der Waals surface area contributed by atoms with Crippen LogP contribution in [0, 0.1) is 0 Å². The second-order valence-corrected chi connectivity index (χ2v) is 9.97. The van der Waals surface area contributed by atoms with Crippen LogP contribution in [0.25, 0.3) is 71.0 Å². The van der Waals surface area contributed by atoms with Crippen molar-refractivity contribution in [3.05, 3.63) is 127 Å². The SMILES string of the molecule is C1=CCCC(c2c3ccccc3c(-c3ccc4oc5ccc6ccccc6c5c4c3)c3ccccc23)=C1.